The zero-order chi connectivity index (χ0) is 13.2. The van der Waals surface area contributed by atoms with Crippen molar-refractivity contribution in [3.8, 4) is 5.75 Å². The fraction of sp³-hybridized carbons (Fsp3) is 0.143. The maximum absolute atomic E-state index is 10.2. The Balaban J connectivity index is 2.19. The van der Waals surface area contributed by atoms with E-state index in [-0.39, 0.29) is 11.8 Å². The second-order valence-corrected chi connectivity index (χ2v) is 4.99. The topological polar surface area (TPSA) is 57.0 Å². The molecule has 1 aliphatic rings. The van der Waals surface area contributed by atoms with E-state index in [1.807, 2.05) is 36.6 Å². The van der Waals surface area contributed by atoms with Crippen LogP contribution in [0.4, 0.5) is 0 Å². The van der Waals surface area contributed by atoms with Crippen LogP contribution in [0, 0.1) is 0 Å². The van der Waals surface area contributed by atoms with E-state index in [1.54, 1.807) is 12.3 Å². The predicted molar refractivity (Wildman–Crippen MR) is 80.9 cm³/mol. The summed E-state index contributed by atoms with van der Waals surface area (Å²) in [7, 11) is 0. The second kappa shape index (κ2) is 4.93. The first-order valence-electron chi connectivity index (χ1n) is 5.91. The number of thioether (sulfide) groups is 1. The smallest absolute Gasteiger partial charge is 0.177 e. The third-order valence-electron chi connectivity index (χ3n) is 3.07. The quantitative estimate of drug-likeness (QED) is 0.838. The standard InChI is InChI=1S/C14H13N3OS/c1-19-14-16-11(8-15-17-14)13-10-5-3-2-4-9(10)6-7-12(13)18/h2-8,11,18H,1H3,(H,16,17)/t11-/m1/s1. The van der Waals surface area contributed by atoms with Crippen LogP contribution in [-0.2, 0) is 0 Å². The lowest BCUT2D eigenvalue weighted by atomic mass is 9.98. The van der Waals surface area contributed by atoms with Gasteiger partial charge < -0.3 is 5.11 Å². The summed E-state index contributed by atoms with van der Waals surface area (Å²) in [4.78, 5) is 4.54. The van der Waals surface area contributed by atoms with E-state index >= 15 is 0 Å². The number of nitrogens with zero attached hydrogens (tertiary/aromatic N) is 2. The number of amidine groups is 1. The third-order valence-corrected chi connectivity index (χ3v) is 3.65. The van der Waals surface area contributed by atoms with E-state index in [0.717, 1.165) is 21.5 Å². The predicted octanol–water partition coefficient (Wildman–Crippen LogP) is 2.89. The number of hydrogen-bond acceptors (Lipinski definition) is 5. The maximum Gasteiger partial charge on any atom is 0.177 e. The van der Waals surface area contributed by atoms with Crippen molar-refractivity contribution in [2.24, 2.45) is 10.1 Å². The number of aromatic hydroxyl groups is 1. The molecule has 96 valence electrons. The van der Waals surface area contributed by atoms with Crippen LogP contribution in [0.15, 0.2) is 46.5 Å². The van der Waals surface area contributed by atoms with Crippen molar-refractivity contribution in [1.29, 1.82) is 0 Å². The zero-order valence-corrected chi connectivity index (χ0v) is 11.2. The number of hydrazone groups is 1. The van der Waals surface area contributed by atoms with Crippen LogP contribution < -0.4 is 5.43 Å². The number of fused-ring (bicyclic) bond motifs is 1. The zero-order valence-electron chi connectivity index (χ0n) is 10.4. The molecule has 1 heterocycles. The van der Waals surface area contributed by atoms with Crippen LogP contribution in [-0.4, -0.2) is 22.7 Å². The number of phenolic OH excluding ortho intramolecular Hbond substituents is 1. The minimum Gasteiger partial charge on any atom is -0.508 e. The Morgan fingerprint density at radius 3 is 2.89 bits per heavy atom. The van der Waals surface area contributed by atoms with Crippen LogP contribution in [0.1, 0.15) is 11.6 Å². The highest BCUT2D eigenvalue weighted by atomic mass is 32.2. The Labute approximate surface area is 115 Å². The first-order valence-corrected chi connectivity index (χ1v) is 7.13. The van der Waals surface area contributed by atoms with Gasteiger partial charge in [0.2, 0.25) is 0 Å². The minimum absolute atomic E-state index is 0.251. The van der Waals surface area contributed by atoms with Gasteiger partial charge in [0.05, 0.1) is 6.21 Å². The van der Waals surface area contributed by atoms with E-state index in [0.29, 0.717) is 0 Å². The monoisotopic (exact) mass is 271 g/mol. The molecule has 0 unspecified atom stereocenters. The van der Waals surface area contributed by atoms with E-state index in [4.69, 9.17) is 0 Å². The van der Waals surface area contributed by atoms with E-state index < -0.39 is 0 Å². The lowest BCUT2D eigenvalue weighted by molar-refractivity contribution is 0.468. The van der Waals surface area contributed by atoms with Gasteiger partial charge in [-0.3, -0.25) is 5.43 Å². The van der Waals surface area contributed by atoms with Crippen molar-refractivity contribution in [1.82, 2.24) is 5.43 Å². The Hall–Kier alpha value is -2.01. The number of nitrogens with one attached hydrogen (secondary N) is 1. The molecule has 4 nitrogen and oxygen atoms in total. The maximum atomic E-state index is 10.2. The summed E-state index contributed by atoms with van der Waals surface area (Å²) in [5.41, 5.74) is 3.64. The molecule has 0 saturated carbocycles. The Bertz CT molecular complexity index is 681. The van der Waals surface area contributed by atoms with Crippen molar-refractivity contribution >= 4 is 33.9 Å². The fourth-order valence-electron chi connectivity index (χ4n) is 2.18. The van der Waals surface area contributed by atoms with Crippen LogP contribution in [0.2, 0.25) is 0 Å². The van der Waals surface area contributed by atoms with Crippen LogP contribution >= 0.6 is 11.8 Å². The summed E-state index contributed by atoms with van der Waals surface area (Å²) in [6, 6.07) is 11.3. The number of benzene rings is 2. The Morgan fingerprint density at radius 1 is 1.21 bits per heavy atom. The van der Waals surface area contributed by atoms with Gasteiger partial charge in [-0.25, -0.2) is 4.99 Å². The van der Waals surface area contributed by atoms with Crippen molar-refractivity contribution in [2.75, 3.05) is 6.26 Å². The number of phenols is 1. The van der Waals surface area contributed by atoms with Gasteiger partial charge in [0.25, 0.3) is 0 Å². The van der Waals surface area contributed by atoms with E-state index in [9.17, 15) is 5.11 Å². The summed E-state index contributed by atoms with van der Waals surface area (Å²) < 4.78 is 0. The molecule has 0 aromatic heterocycles. The number of hydrogen-bond donors (Lipinski definition) is 2. The molecule has 5 heteroatoms. The minimum atomic E-state index is -0.255. The SMILES string of the molecule is CSC1=N[C@@H](c2c(O)ccc3ccccc23)C=NN1. The molecular weight excluding hydrogens is 258 g/mol. The first-order chi connectivity index (χ1) is 9.29. The Morgan fingerprint density at radius 2 is 2.05 bits per heavy atom. The van der Waals surface area contributed by atoms with Crippen molar-refractivity contribution in [3.05, 3.63) is 42.0 Å². The molecule has 0 fully saturated rings. The average molecular weight is 271 g/mol. The molecule has 2 N–H and O–H groups in total. The molecule has 2 aromatic carbocycles. The summed E-state index contributed by atoms with van der Waals surface area (Å²) in [6.07, 6.45) is 3.65. The molecule has 0 amide bonds. The van der Waals surface area contributed by atoms with Gasteiger partial charge in [-0.05, 0) is 23.1 Å². The summed E-state index contributed by atoms with van der Waals surface area (Å²) >= 11 is 1.50. The van der Waals surface area contributed by atoms with Gasteiger partial charge in [0, 0.05) is 5.56 Å². The number of aliphatic imine (C=N–C) groups is 1. The largest absolute Gasteiger partial charge is 0.508 e. The summed E-state index contributed by atoms with van der Waals surface area (Å²) in [5, 5.41) is 17.1. The van der Waals surface area contributed by atoms with Gasteiger partial charge in [-0.15, -0.1) is 0 Å². The molecule has 2 aromatic rings. The van der Waals surface area contributed by atoms with Gasteiger partial charge in [-0.2, -0.15) is 5.10 Å². The average Bonchev–Trinajstić information content (AvgIpc) is 2.47. The molecule has 0 saturated heterocycles. The second-order valence-electron chi connectivity index (χ2n) is 4.19. The highest BCUT2D eigenvalue weighted by molar-refractivity contribution is 8.13. The lowest BCUT2D eigenvalue weighted by Gasteiger charge is -2.17. The normalized spacial score (nSPS) is 18.2. The molecule has 0 radical (unpaired) electrons. The molecular formula is C14H13N3OS. The summed E-state index contributed by atoms with van der Waals surface area (Å²) in [5.74, 6) is 0.251. The van der Waals surface area contributed by atoms with E-state index in [2.05, 4.69) is 15.5 Å². The molecule has 1 atom stereocenters. The summed E-state index contributed by atoms with van der Waals surface area (Å²) in [6.45, 7) is 0. The molecule has 3 rings (SSSR count). The van der Waals surface area contributed by atoms with Crippen molar-refractivity contribution < 1.29 is 5.11 Å². The highest BCUT2D eigenvalue weighted by Gasteiger charge is 2.19. The van der Waals surface area contributed by atoms with Crippen LogP contribution in [0.5, 0.6) is 5.75 Å². The third kappa shape index (κ3) is 2.17. The molecule has 0 spiro atoms. The fourth-order valence-corrected chi connectivity index (χ4v) is 2.55. The van der Waals surface area contributed by atoms with E-state index in [1.165, 1.54) is 11.8 Å². The van der Waals surface area contributed by atoms with Gasteiger partial charge in [0.1, 0.15) is 11.8 Å². The van der Waals surface area contributed by atoms with Gasteiger partial charge in [0.15, 0.2) is 5.17 Å². The molecule has 0 bridgehead atoms. The highest BCUT2D eigenvalue weighted by Crippen LogP contribution is 2.34. The number of rotatable bonds is 1. The van der Waals surface area contributed by atoms with Gasteiger partial charge >= 0.3 is 0 Å². The molecule has 1 aliphatic heterocycles. The van der Waals surface area contributed by atoms with Gasteiger partial charge in [-0.1, -0.05) is 42.1 Å². The molecule has 19 heavy (non-hydrogen) atoms. The van der Waals surface area contributed by atoms with Crippen molar-refractivity contribution in [3.63, 3.8) is 0 Å². The van der Waals surface area contributed by atoms with Crippen molar-refractivity contribution in [2.45, 2.75) is 6.04 Å². The Kier molecular flexibility index (Phi) is 3.13. The first kappa shape index (κ1) is 12.0. The van der Waals surface area contributed by atoms with Crippen LogP contribution in [0.25, 0.3) is 10.8 Å². The lowest BCUT2D eigenvalue weighted by Crippen LogP contribution is -2.20. The molecule has 0 aliphatic carbocycles. The van der Waals surface area contributed by atoms with Crippen LogP contribution in [0.3, 0.4) is 0 Å².